The van der Waals surface area contributed by atoms with Crippen LogP contribution in [0, 0.1) is 17.1 Å². The highest BCUT2D eigenvalue weighted by Crippen LogP contribution is 2.40. The van der Waals surface area contributed by atoms with Crippen molar-refractivity contribution in [3.8, 4) is 6.07 Å². The fourth-order valence-electron chi connectivity index (χ4n) is 4.13. The summed E-state index contributed by atoms with van der Waals surface area (Å²) < 4.78 is 69.9. The summed E-state index contributed by atoms with van der Waals surface area (Å²) in [5, 5.41) is 13.6. The SMILES string of the molecule is CC(C)(C)OC(=O)NC1=N[C@@](c2nc(NC(=O)c3ccc(C#N)cn3)ccc2F)(C(F)F)CS2(=O)=NCCCCN12. The predicted molar refractivity (Wildman–Crippen MR) is 142 cm³/mol. The standard InChI is InChI=1S/C25H27F3N8O4S/c1-24(2,3)40-23(38)34-22-35-25(21(27)28,14-41(39)31-10-4-5-11-36(22)41)19-16(26)7-9-18(32-19)33-20(37)17-8-6-15(12-29)13-30-17/h6-9,13,21H,4-5,10-11,14H2,1-3H3,(H,32,33,37)(H,34,35,38)/t25-,41?/m0/s1. The van der Waals surface area contributed by atoms with Crippen molar-refractivity contribution in [3.63, 3.8) is 0 Å². The van der Waals surface area contributed by atoms with Gasteiger partial charge in [-0.15, -0.1) is 0 Å². The Morgan fingerprint density at radius 2 is 1.95 bits per heavy atom. The summed E-state index contributed by atoms with van der Waals surface area (Å²) >= 11 is 0. The molecule has 0 spiro atoms. The number of ether oxygens (including phenoxy) is 1. The van der Waals surface area contributed by atoms with E-state index in [-0.39, 0.29) is 30.2 Å². The molecule has 4 heterocycles. The number of rotatable bonds is 4. The Hall–Kier alpha value is -4.26. The lowest BCUT2D eigenvalue weighted by Crippen LogP contribution is -2.58. The lowest BCUT2D eigenvalue weighted by atomic mass is 9.97. The molecule has 0 aliphatic carbocycles. The number of amides is 2. The van der Waals surface area contributed by atoms with Crippen LogP contribution in [-0.2, 0) is 20.2 Å². The lowest BCUT2D eigenvalue weighted by Gasteiger charge is -2.40. The largest absolute Gasteiger partial charge is 0.444 e. The number of pyridine rings is 2. The first-order valence-electron chi connectivity index (χ1n) is 12.5. The Labute approximate surface area is 234 Å². The van der Waals surface area contributed by atoms with E-state index < -0.39 is 62.7 Å². The first kappa shape index (κ1) is 29.7. The van der Waals surface area contributed by atoms with Crippen molar-refractivity contribution >= 4 is 33.7 Å². The molecule has 2 amide bonds. The number of anilines is 1. The monoisotopic (exact) mass is 592 g/mol. The first-order valence-corrected chi connectivity index (χ1v) is 14.1. The summed E-state index contributed by atoms with van der Waals surface area (Å²) in [6, 6.07) is 6.35. The molecular formula is C25H27F3N8O4S. The molecule has 0 bridgehead atoms. The lowest BCUT2D eigenvalue weighted by molar-refractivity contribution is 0.0525. The van der Waals surface area contributed by atoms with Crippen molar-refractivity contribution in [2.75, 3.05) is 24.2 Å². The van der Waals surface area contributed by atoms with E-state index in [1.165, 1.54) is 18.3 Å². The van der Waals surface area contributed by atoms with Crippen LogP contribution in [0.5, 0.6) is 0 Å². The molecule has 0 aromatic carbocycles. The second-order valence-electron chi connectivity index (χ2n) is 10.2. The van der Waals surface area contributed by atoms with Crippen LogP contribution in [0.15, 0.2) is 39.8 Å². The highest BCUT2D eigenvalue weighted by atomic mass is 32.2. The van der Waals surface area contributed by atoms with E-state index >= 15 is 13.2 Å². The summed E-state index contributed by atoms with van der Waals surface area (Å²) in [6.45, 7) is 4.96. The van der Waals surface area contributed by atoms with Crippen molar-refractivity contribution in [1.82, 2.24) is 19.6 Å². The molecule has 218 valence electrons. The van der Waals surface area contributed by atoms with Crippen LogP contribution in [0.3, 0.4) is 0 Å². The smallest absolute Gasteiger partial charge is 0.414 e. The minimum absolute atomic E-state index is 0.0832. The number of fused-ring (bicyclic) bond motifs is 1. The van der Waals surface area contributed by atoms with Gasteiger partial charge in [0.15, 0.2) is 5.54 Å². The average molecular weight is 593 g/mol. The molecule has 0 fully saturated rings. The van der Waals surface area contributed by atoms with Gasteiger partial charge in [0.05, 0.1) is 17.9 Å². The van der Waals surface area contributed by atoms with Gasteiger partial charge in [0.1, 0.15) is 44.6 Å². The molecule has 4 rings (SSSR count). The van der Waals surface area contributed by atoms with Crippen molar-refractivity contribution in [2.24, 2.45) is 9.36 Å². The quantitative estimate of drug-likeness (QED) is 0.548. The van der Waals surface area contributed by atoms with Crippen LogP contribution >= 0.6 is 0 Å². The maximum Gasteiger partial charge on any atom is 0.414 e. The number of nitrogens with one attached hydrogen (secondary N) is 2. The molecule has 41 heavy (non-hydrogen) atoms. The third-order valence-electron chi connectivity index (χ3n) is 5.95. The molecule has 12 nitrogen and oxygen atoms in total. The van der Waals surface area contributed by atoms with Gasteiger partial charge in [0, 0.05) is 12.7 Å². The highest BCUT2D eigenvalue weighted by molar-refractivity contribution is 7.92. The normalized spacial score (nSPS) is 22.4. The number of hydrogen-bond donors (Lipinski definition) is 2. The van der Waals surface area contributed by atoms with E-state index in [4.69, 9.17) is 10.00 Å². The average Bonchev–Trinajstić information content (AvgIpc) is 3.09. The number of halogens is 3. The fourth-order valence-corrected chi connectivity index (χ4v) is 6.60. The Kier molecular flexibility index (Phi) is 8.20. The molecule has 2 aliphatic heterocycles. The highest BCUT2D eigenvalue weighted by Gasteiger charge is 2.54. The topological polar surface area (TPSA) is 162 Å². The number of carbonyl (C=O) groups excluding carboxylic acids is 2. The van der Waals surface area contributed by atoms with Crippen LogP contribution in [0.2, 0.25) is 0 Å². The Morgan fingerprint density at radius 3 is 2.59 bits per heavy atom. The number of alkyl halides is 2. The fraction of sp³-hybridized carbons (Fsp3) is 0.440. The second kappa shape index (κ2) is 11.3. The predicted octanol–water partition coefficient (Wildman–Crippen LogP) is 3.57. The van der Waals surface area contributed by atoms with Crippen LogP contribution in [0.4, 0.5) is 23.8 Å². The molecule has 2 N–H and O–H groups in total. The second-order valence-corrected chi connectivity index (χ2v) is 12.4. The van der Waals surface area contributed by atoms with Crippen molar-refractivity contribution in [2.45, 2.75) is 51.2 Å². The van der Waals surface area contributed by atoms with Crippen LogP contribution < -0.4 is 10.6 Å². The number of hydrogen-bond acceptors (Lipinski definition) is 9. The minimum Gasteiger partial charge on any atom is -0.444 e. The van der Waals surface area contributed by atoms with Gasteiger partial charge in [0.2, 0.25) is 5.96 Å². The molecule has 2 aromatic heterocycles. The van der Waals surface area contributed by atoms with Gasteiger partial charge in [-0.25, -0.2) is 41.5 Å². The third-order valence-corrected chi connectivity index (χ3v) is 8.40. The summed E-state index contributed by atoms with van der Waals surface area (Å²) in [5.74, 6) is -3.76. The van der Waals surface area contributed by atoms with Crippen molar-refractivity contribution in [1.29, 1.82) is 5.26 Å². The molecular weight excluding hydrogens is 565 g/mol. The van der Waals surface area contributed by atoms with Gasteiger partial charge in [-0.1, -0.05) is 0 Å². The summed E-state index contributed by atoms with van der Waals surface area (Å²) in [6.07, 6.45) is -2.35. The zero-order chi connectivity index (χ0) is 30.0. The summed E-state index contributed by atoms with van der Waals surface area (Å²) in [4.78, 5) is 37.2. The van der Waals surface area contributed by atoms with Crippen LogP contribution in [-0.4, -0.2) is 67.3 Å². The number of aliphatic imine (C=N–C) groups is 1. The van der Waals surface area contributed by atoms with Gasteiger partial charge in [-0.3, -0.25) is 14.4 Å². The Balaban J connectivity index is 1.80. The van der Waals surface area contributed by atoms with E-state index in [9.17, 15) is 13.8 Å². The number of alkyl carbamates (subject to hydrolysis) is 1. The molecule has 2 atom stereocenters. The molecule has 0 saturated carbocycles. The van der Waals surface area contributed by atoms with E-state index in [2.05, 4.69) is 30.0 Å². The molecule has 0 saturated heterocycles. The minimum atomic E-state index is -3.66. The Morgan fingerprint density at radius 1 is 1.20 bits per heavy atom. The van der Waals surface area contributed by atoms with Gasteiger partial charge in [0.25, 0.3) is 12.3 Å². The van der Waals surface area contributed by atoms with Gasteiger partial charge in [-0.2, -0.15) is 5.26 Å². The summed E-state index contributed by atoms with van der Waals surface area (Å²) in [5.41, 5.74) is -4.60. The number of carbonyl (C=O) groups is 2. The van der Waals surface area contributed by atoms with Gasteiger partial charge >= 0.3 is 6.09 Å². The van der Waals surface area contributed by atoms with Gasteiger partial charge in [-0.05, 0) is 57.9 Å². The molecule has 2 aromatic rings. The molecule has 1 unspecified atom stereocenters. The van der Waals surface area contributed by atoms with E-state index in [0.29, 0.717) is 12.8 Å². The van der Waals surface area contributed by atoms with Crippen molar-refractivity contribution < 1.29 is 31.7 Å². The Bertz CT molecular complexity index is 1550. The number of nitrogens with zero attached hydrogens (tertiary/aromatic N) is 6. The number of nitriles is 1. The van der Waals surface area contributed by atoms with E-state index in [1.807, 2.05) is 6.07 Å². The number of aromatic nitrogens is 2. The molecule has 2 aliphatic rings. The van der Waals surface area contributed by atoms with E-state index in [1.54, 1.807) is 20.8 Å². The molecule has 0 radical (unpaired) electrons. The third kappa shape index (κ3) is 6.40. The maximum atomic E-state index is 15.3. The maximum absolute atomic E-state index is 15.3. The van der Waals surface area contributed by atoms with Crippen LogP contribution in [0.1, 0.15) is 55.4 Å². The first-order chi connectivity index (χ1) is 19.3. The number of guanidine groups is 1. The summed E-state index contributed by atoms with van der Waals surface area (Å²) in [7, 11) is -3.66. The van der Waals surface area contributed by atoms with Crippen LogP contribution in [0.25, 0.3) is 0 Å². The van der Waals surface area contributed by atoms with Crippen molar-refractivity contribution in [3.05, 3.63) is 53.2 Å². The van der Waals surface area contributed by atoms with Gasteiger partial charge < -0.3 is 10.1 Å². The van der Waals surface area contributed by atoms with E-state index in [0.717, 1.165) is 16.4 Å². The zero-order valence-corrected chi connectivity index (χ0v) is 23.2. The molecule has 16 heteroatoms. The zero-order valence-electron chi connectivity index (χ0n) is 22.4.